The highest BCUT2D eigenvalue weighted by Gasteiger charge is 2.35. The normalized spacial score (nSPS) is 18.8. The number of hydrogen-bond acceptors (Lipinski definition) is 4. The number of carbonyl (C=O) groups is 2. The summed E-state index contributed by atoms with van der Waals surface area (Å²) in [7, 11) is 0. The molecule has 1 fully saturated rings. The van der Waals surface area contributed by atoms with Crippen LogP contribution in [0.15, 0.2) is 58.6 Å². The Morgan fingerprint density at radius 1 is 1.21 bits per heavy atom. The number of ketones is 1. The van der Waals surface area contributed by atoms with Crippen LogP contribution < -0.4 is 10.4 Å². The second-order valence-corrected chi connectivity index (χ2v) is 6.56. The first-order valence-corrected chi connectivity index (χ1v) is 8.43. The third kappa shape index (κ3) is 3.32. The Morgan fingerprint density at radius 2 is 1.92 bits per heavy atom. The van der Waals surface area contributed by atoms with Crippen molar-refractivity contribution in [3.05, 3.63) is 69.7 Å². The fourth-order valence-corrected chi connectivity index (χ4v) is 3.26. The van der Waals surface area contributed by atoms with Gasteiger partial charge in [0, 0.05) is 11.0 Å². The van der Waals surface area contributed by atoms with Crippen molar-refractivity contribution >= 4 is 39.8 Å². The van der Waals surface area contributed by atoms with Crippen molar-refractivity contribution in [3.8, 4) is 0 Å². The molecule has 3 rings (SSSR count). The highest BCUT2D eigenvalue weighted by Crippen LogP contribution is 2.31. The first kappa shape index (κ1) is 16.6. The van der Waals surface area contributed by atoms with Crippen LogP contribution in [0, 0.1) is 6.92 Å². The zero-order chi connectivity index (χ0) is 17.1. The van der Waals surface area contributed by atoms with Crippen LogP contribution in [0.25, 0.3) is 6.08 Å². The molecular formula is C19H17BrN2O2. The molecular weight excluding hydrogens is 368 g/mol. The molecule has 1 atom stereocenters. The van der Waals surface area contributed by atoms with Crippen molar-refractivity contribution in [3.63, 3.8) is 0 Å². The molecule has 1 N–H and O–H groups in total. The smallest absolute Gasteiger partial charge is 0.223 e. The maximum atomic E-state index is 12.3. The van der Waals surface area contributed by atoms with Crippen molar-refractivity contribution in [2.45, 2.75) is 13.0 Å². The summed E-state index contributed by atoms with van der Waals surface area (Å²) in [5.41, 5.74) is 7.09. The minimum Gasteiger partial charge on any atom is -0.295 e. The summed E-state index contributed by atoms with van der Waals surface area (Å²) >= 11 is 3.50. The molecule has 2 aromatic rings. The molecule has 24 heavy (non-hydrogen) atoms. The Bertz CT molecular complexity index is 799. The lowest BCUT2D eigenvalue weighted by Gasteiger charge is -2.25. The van der Waals surface area contributed by atoms with E-state index in [1.807, 2.05) is 61.5 Å². The average molecular weight is 385 g/mol. The second kappa shape index (κ2) is 7.11. The molecule has 4 nitrogen and oxygen atoms in total. The number of anilines is 1. The molecule has 0 radical (unpaired) electrons. The number of rotatable bonds is 4. The van der Waals surface area contributed by atoms with E-state index in [9.17, 15) is 9.59 Å². The van der Waals surface area contributed by atoms with Crippen molar-refractivity contribution in [1.82, 2.24) is 5.43 Å². The lowest BCUT2D eigenvalue weighted by atomic mass is 10.0. The van der Waals surface area contributed by atoms with Gasteiger partial charge in [-0.3, -0.25) is 14.6 Å². The van der Waals surface area contributed by atoms with Crippen LogP contribution in [0.2, 0.25) is 0 Å². The van der Waals surface area contributed by atoms with E-state index in [2.05, 4.69) is 21.4 Å². The summed E-state index contributed by atoms with van der Waals surface area (Å²) in [5.74, 6) is -0.464. The Labute approximate surface area is 149 Å². The number of hydrogen-bond donors (Lipinski definition) is 1. The Hall–Kier alpha value is -2.24. The molecule has 5 heteroatoms. The lowest BCUT2D eigenvalue weighted by molar-refractivity contribution is -0.130. The number of nitrogens with zero attached hydrogens (tertiary/aromatic N) is 1. The summed E-state index contributed by atoms with van der Waals surface area (Å²) in [4.78, 5) is 23.4. The summed E-state index contributed by atoms with van der Waals surface area (Å²) in [5, 5.41) is 1.75. The molecule has 0 aliphatic carbocycles. The lowest BCUT2D eigenvalue weighted by Crippen LogP contribution is -2.43. The molecule has 2 aromatic carbocycles. The van der Waals surface area contributed by atoms with E-state index in [0.717, 1.165) is 21.3 Å². The van der Waals surface area contributed by atoms with Gasteiger partial charge in [-0.25, -0.2) is 5.43 Å². The monoisotopic (exact) mass is 384 g/mol. The van der Waals surface area contributed by atoms with Crippen LogP contribution in [0.5, 0.6) is 0 Å². The van der Waals surface area contributed by atoms with Crippen molar-refractivity contribution in [2.24, 2.45) is 0 Å². The van der Waals surface area contributed by atoms with Gasteiger partial charge < -0.3 is 0 Å². The van der Waals surface area contributed by atoms with Crippen molar-refractivity contribution in [1.29, 1.82) is 0 Å². The number of nitrogens with one attached hydrogen (secondary N) is 1. The van der Waals surface area contributed by atoms with Gasteiger partial charge in [0.15, 0.2) is 6.29 Å². The molecule has 1 heterocycles. The van der Waals surface area contributed by atoms with Gasteiger partial charge in [0.05, 0.1) is 5.69 Å². The number of hydrazine groups is 1. The van der Waals surface area contributed by atoms with Gasteiger partial charge in [-0.15, -0.1) is 0 Å². The van der Waals surface area contributed by atoms with E-state index >= 15 is 0 Å². The van der Waals surface area contributed by atoms with Crippen LogP contribution >= 0.6 is 15.9 Å². The van der Waals surface area contributed by atoms with Crippen LogP contribution in [0.3, 0.4) is 0 Å². The SMILES string of the molecule is Cc1ccc(/C=C2\CNN(c3ccccc3Br)C2C(=O)C=O)cc1. The van der Waals surface area contributed by atoms with E-state index in [-0.39, 0.29) is 0 Å². The summed E-state index contributed by atoms with van der Waals surface area (Å²) in [6, 6.07) is 15.0. The number of aryl methyl sites for hydroxylation is 1. The number of aldehydes is 1. The third-order valence-electron chi connectivity index (χ3n) is 3.99. The Kier molecular flexibility index (Phi) is 4.92. The number of benzene rings is 2. The second-order valence-electron chi connectivity index (χ2n) is 5.71. The highest BCUT2D eigenvalue weighted by atomic mass is 79.9. The van der Waals surface area contributed by atoms with Gasteiger partial charge in [0.25, 0.3) is 0 Å². The van der Waals surface area contributed by atoms with Crippen molar-refractivity contribution < 1.29 is 9.59 Å². The zero-order valence-corrected chi connectivity index (χ0v) is 14.8. The van der Waals surface area contributed by atoms with Gasteiger partial charge in [0.1, 0.15) is 6.04 Å². The number of Topliss-reactive ketones (excluding diaryl/α,β-unsaturated/α-hetero) is 1. The zero-order valence-electron chi connectivity index (χ0n) is 13.2. The maximum absolute atomic E-state index is 12.3. The molecule has 1 saturated heterocycles. The number of carbonyl (C=O) groups excluding carboxylic acids is 2. The van der Waals surface area contributed by atoms with Crippen LogP contribution in [0.1, 0.15) is 11.1 Å². The largest absolute Gasteiger partial charge is 0.295 e. The fraction of sp³-hybridized carbons (Fsp3) is 0.158. The van der Waals surface area contributed by atoms with E-state index in [0.29, 0.717) is 12.8 Å². The van der Waals surface area contributed by atoms with Gasteiger partial charge in [-0.05, 0) is 46.1 Å². The van der Waals surface area contributed by atoms with Crippen molar-refractivity contribution in [2.75, 3.05) is 11.6 Å². The summed E-state index contributed by atoms with van der Waals surface area (Å²) in [6.45, 7) is 2.54. The predicted octanol–water partition coefficient (Wildman–Crippen LogP) is 3.30. The minimum atomic E-state index is -0.637. The van der Waals surface area contributed by atoms with Gasteiger partial charge in [0.2, 0.25) is 5.78 Å². The molecule has 0 bridgehead atoms. The topological polar surface area (TPSA) is 49.4 Å². The van der Waals surface area contributed by atoms with E-state index in [4.69, 9.17) is 0 Å². The highest BCUT2D eigenvalue weighted by molar-refractivity contribution is 9.10. The van der Waals surface area contributed by atoms with Gasteiger partial charge >= 0.3 is 0 Å². The molecule has 0 aromatic heterocycles. The fourth-order valence-electron chi connectivity index (χ4n) is 2.78. The quantitative estimate of drug-likeness (QED) is 0.648. The molecule has 1 aliphatic heterocycles. The molecule has 1 aliphatic rings. The molecule has 0 amide bonds. The Morgan fingerprint density at radius 3 is 2.58 bits per heavy atom. The number of para-hydroxylation sites is 1. The standard InChI is InChI=1S/C19H17BrN2O2/c1-13-6-8-14(9-7-13)10-15-11-21-22(19(15)18(24)12-23)17-5-3-2-4-16(17)20/h2-10,12,19,21H,11H2,1H3/b15-10+. The molecule has 0 spiro atoms. The summed E-state index contributed by atoms with van der Waals surface area (Å²) < 4.78 is 0.859. The van der Waals surface area contributed by atoms with E-state index in [1.54, 1.807) is 5.01 Å². The Balaban J connectivity index is 1.99. The number of halogens is 1. The summed E-state index contributed by atoms with van der Waals surface area (Å²) in [6.07, 6.45) is 2.36. The minimum absolute atomic E-state index is 0.393. The van der Waals surface area contributed by atoms with E-state index < -0.39 is 11.8 Å². The maximum Gasteiger partial charge on any atom is 0.223 e. The van der Waals surface area contributed by atoms with E-state index in [1.165, 1.54) is 5.56 Å². The first-order chi connectivity index (χ1) is 11.6. The van der Waals surface area contributed by atoms with Crippen LogP contribution in [-0.4, -0.2) is 24.7 Å². The first-order valence-electron chi connectivity index (χ1n) is 7.63. The van der Waals surface area contributed by atoms with Gasteiger partial charge in [-0.1, -0.05) is 48.0 Å². The molecule has 122 valence electrons. The molecule has 0 saturated carbocycles. The van der Waals surface area contributed by atoms with Crippen LogP contribution in [0.4, 0.5) is 5.69 Å². The van der Waals surface area contributed by atoms with Gasteiger partial charge in [-0.2, -0.15) is 0 Å². The molecule has 1 unspecified atom stereocenters. The predicted molar refractivity (Wildman–Crippen MR) is 98.6 cm³/mol. The third-order valence-corrected chi connectivity index (χ3v) is 4.66. The average Bonchev–Trinajstić information content (AvgIpc) is 3.00. The van der Waals surface area contributed by atoms with Crippen LogP contribution in [-0.2, 0) is 9.59 Å².